The molecule has 9 heteroatoms. The van der Waals surface area contributed by atoms with E-state index in [0.717, 1.165) is 12.8 Å². The van der Waals surface area contributed by atoms with Gasteiger partial charge in [0.15, 0.2) is 5.82 Å². The molecule has 0 bridgehead atoms. The number of thiophene rings is 1. The maximum absolute atomic E-state index is 12.9. The minimum Gasteiger partial charge on any atom is -0.333 e. The molecule has 1 aromatic carbocycles. The van der Waals surface area contributed by atoms with Crippen molar-refractivity contribution >= 4 is 27.0 Å². The Morgan fingerprint density at radius 1 is 1.24 bits per heavy atom. The molecule has 0 spiro atoms. The number of aromatic nitrogens is 2. The average Bonchev–Trinajstić information content (AvgIpc) is 3.12. The number of rotatable bonds is 6. The molecule has 0 aliphatic heterocycles. The van der Waals surface area contributed by atoms with Crippen molar-refractivity contribution in [1.82, 2.24) is 10.1 Å². The molecule has 2 aromatic heterocycles. The zero-order valence-electron chi connectivity index (χ0n) is 13.0. The van der Waals surface area contributed by atoms with Gasteiger partial charge in [0.2, 0.25) is 10.0 Å². The fraction of sp³-hybridized carbons (Fsp3) is 0.250. The van der Waals surface area contributed by atoms with Crippen LogP contribution >= 0.6 is 11.3 Å². The lowest BCUT2D eigenvalue weighted by atomic mass is 10.2. The molecular formula is C16H14FN3O3S2. The Morgan fingerprint density at radius 2 is 2.00 bits per heavy atom. The Morgan fingerprint density at radius 3 is 2.72 bits per heavy atom. The van der Waals surface area contributed by atoms with Crippen molar-refractivity contribution in [2.24, 2.45) is 0 Å². The number of hydrogen-bond acceptors (Lipinski definition) is 6. The summed E-state index contributed by atoms with van der Waals surface area (Å²) in [5, 5.41) is 5.71. The van der Waals surface area contributed by atoms with Crippen LogP contribution in [0.5, 0.6) is 0 Å². The fourth-order valence-electron chi connectivity index (χ4n) is 2.39. The Hall–Kier alpha value is -2.26. The van der Waals surface area contributed by atoms with Crippen molar-refractivity contribution in [3.63, 3.8) is 0 Å². The molecule has 2 heterocycles. The summed E-state index contributed by atoms with van der Waals surface area (Å²) in [6.45, 7) is 0. The van der Waals surface area contributed by atoms with Crippen molar-refractivity contribution < 1.29 is 17.3 Å². The van der Waals surface area contributed by atoms with Gasteiger partial charge < -0.3 is 4.52 Å². The predicted octanol–water partition coefficient (Wildman–Crippen LogP) is 3.76. The molecule has 0 radical (unpaired) electrons. The van der Waals surface area contributed by atoms with E-state index in [1.807, 2.05) is 0 Å². The Balaban J connectivity index is 1.54. The van der Waals surface area contributed by atoms with Crippen LogP contribution < -0.4 is 4.72 Å². The molecule has 0 unspecified atom stereocenters. The first kappa shape index (κ1) is 16.2. The summed E-state index contributed by atoms with van der Waals surface area (Å²) in [7, 11) is -3.65. The minimum absolute atomic E-state index is 0.250. The van der Waals surface area contributed by atoms with Gasteiger partial charge in [-0.3, -0.25) is 4.72 Å². The molecule has 1 N–H and O–H groups in total. The highest BCUT2D eigenvalue weighted by atomic mass is 32.2. The van der Waals surface area contributed by atoms with Gasteiger partial charge in [0, 0.05) is 5.92 Å². The molecule has 0 amide bonds. The molecule has 1 fully saturated rings. The lowest BCUT2D eigenvalue weighted by molar-refractivity contribution is 0.423. The Kier molecular flexibility index (Phi) is 4.04. The summed E-state index contributed by atoms with van der Waals surface area (Å²) >= 11 is 1.32. The summed E-state index contributed by atoms with van der Waals surface area (Å²) in [6, 6.07) is 7.02. The standard InChI is InChI=1S/C16H14FN3O3S2/c17-12-5-1-10(2-6-12)9-25(21,22)20-13-7-8-24-14(13)16-18-15(19-23-16)11-3-4-11/h1-2,5-8,11,20H,3-4,9H2. The summed E-state index contributed by atoms with van der Waals surface area (Å²) < 4.78 is 45.5. The number of hydrogen-bond donors (Lipinski definition) is 1. The monoisotopic (exact) mass is 379 g/mol. The van der Waals surface area contributed by atoms with Gasteiger partial charge in [-0.15, -0.1) is 11.3 Å². The predicted molar refractivity (Wildman–Crippen MR) is 92.2 cm³/mol. The molecule has 4 rings (SSSR count). The lowest BCUT2D eigenvalue weighted by Crippen LogP contribution is -2.15. The maximum atomic E-state index is 12.9. The number of anilines is 1. The van der Waals surface area contributed by atoms with Crippen LogP contribution in [-0.4, -0.2) is 18.6 Å². The van der Waals surface area contributed by atoms with Gasteiger partial charge in [-0.1, -0.05) is 17.3 Å². The highest BCUT2D eigenvalue weighted by molar-refractivity contribution is 7.92. The third-order valence-electron chi connectivity index (χ3n) is 3.78. The van der Waals surface area contributed by atoms with Gasteiger partial charge in [0.05, 0.1) is 11.4 Å². The van der Waals surface area contributed by atoms with Crippen LogP contribution in [0.15, 0.2) is 40.2 Å². The van der Waals surface area contributed by atoms with Crippen LogP contribution in [0.1, 0.15) is 30.1 Å². The molecule has 0 saturated heterocycles. The molecule has 1 aliphatic carbocycles. The van der Waals surface area contributed by atoms with E-state index in [4.69, 9.17) is 4.52 Å². The lowest BCUT2D eigenvalue weighted by Gasteiger charge is -2.07. The zero-order valence-corrected chi connectivity index (χ0v) is 14.6. The minimum atomic E-state index is -3.65. The quantitative estimate of drug-likeness (QED) is 0.705. The van der Waals surface area contributed by atoms with Gasteiger partial charge >= 0.3 is 0 Å². The normalized spacial score (nSPS) is 14.6. The Bertz CT molecular complexity index is 992. The Labute approximate surface area is 147 Å². The van der Waals surface area contributed by atoms with Crippen LogP contribution in [-0.2, 0) is 15.8 Å². The summed E-state index contributed by atoms with van der Waals surface area (Å²) in [6.07, 6.45) is 2.11. The number of halogens is 1. The van der Waals surface area contributed by atoms with Crippen molar-refractivity contribution in [3.05, 3.63) is 52.9 Å². The van der Waals surface area contributed by atoms with Crippen LogP contribution in [0.2, 0.25) is 0 Å². The van der Waals surface area contributed by atoms with E-state index >= 15 is 0 Å². The fourth-order valence-corrected chi connectivity index (χ4v) is 4.44. The van der Waals surface area contributed by atoms with Gasteiger partial charge in [-0.05, 0) is 42.0 Å². The molecule has 3 aromatic rings. The first-order chi connectivity index (χ1) is 12.0. The highest BCUT2D eigenvalue weighted by Crippen LogP contribution is 2.40. The average molecular weight is 379 g/mol. The van der Waals surface area contributed by atoms with Crippen LogP contribution in [0, 0.1) is 5.82 Å². The van der Waals surface area contributed by atoms with E-state index in [0.29, 0.717) is 33.8 Å². The summed E-state index contributed by atoms with van der Waals surface area (Å²) in [5.41, 5.74) is 0.901. The number of benzene rings is 1. The van der Waals surface area contributed by atoms with E-state index in [1.165, 1.54) is 35.6 Å². The van der Waals surface area contributed by atoms with Crippen molar-refractivity contribution in [3.8, 4) is 10.8 Å². The first-order valence-electron chi connectivity index (χ1n) is 7.66. The van der Waals surface area contributed by atoms with E-state index < -0.39 is 15.8 Å². The number of nitrogens with one attached hydrogen (secondary N) is 1. The SMILES string of the molecule is O=S(=O)(Cc1ccc(F)cc1)Nc1ccsc1-c1nc(C2CC2)no1. The van der Waals surface area contributed by atoms with Crippen LogP contribution in [0.25, 0.3) is 10.8 Å². The molecule has 1 aliphatic rings. The number of sulfonamides is 1. The van der Waals surface area contributed by atoms with Crippen molar-refractivity contribution in [2.75, 3.05) is 4.72 Å². The number of nitrogens with zero attached hydrogens (tertiary/aromatic N) is 2. The van der Waals surface area contributed by atoms with Crippen LogP contribution in [0.3, 0.4) is 0 Å². The third-order valence-corrected chi connectivity index (χ3v) is 5.93. The van der Waals surface area contributed by atoms with Crippen LogP contribution in [0.4, 0.5) is 10.1 Å². The van der Waals surface area contributed by atoms with E-state index in [1.54, 1.807) is 11.4 Å². The molecular weight excluding hydrogens is 365 g/mol. The third kappa shape index (κ3) is 3.72. The maximum Gasteiger partial charge on any atom is 0.270 e. The second kappa shape index (κ2) is 6.23. The molecule has 6 nitrogen and oxygen atoms in total. The van der Waals surface area contributed by atoms with E-state index in [-0.39, 0.29) is 5.75 Å². The molecule has 1 saturated carbocycles. The largest absolute Gasteiger partial charge is 0.333 e. The molecule has 130 valence electrons. The van der Waals surface area contributed by atoms with Crippen molar-refractivity contribution in [2.45, 2.75) is 24.5 Å². The van der Waals surface area contributed by atoms with E-state index in [9.17, 15) is 12.8 Å². The van der Waals surface area contributed by atoms with Crippen molar-refractivity contribution in [1.29, 1.82) is 0 Å². The first-order valence-corrected chi connectivity index (χ1v) is 10.2. The second-order valence-electron chi connectivity index (χ2n) is 5.88. The van der Waals surface area contributed by atoms with E-state index in [2.05, 4.69) is 14.9 Å². The van der Waals surface area contributed by atoms with Gasteiger partial charge in [-0.25, -0.2) is 12.8 Å². The summed E-state index contributed by atoms with van der Waals surface area (Å²) in [4.78, 5) is 4.94. The zero-order chi connectivity index (χ0) is 17.4. The van der Waals surface area contributed by atoms with Gasteiger partial charge in [0.25, 0.3) is 5.89 Å². The smallest absolute Gasteiger partial charge is 0.270 e. The second-order valence-corrected chi connectivity index (χ2v) is 8.52. The topological polar surface area (TPSA) is 85.1 Å². The molecule has 25 heavy (non-hydrogen) atoms. The van der Waals surface area contributed by atoms with Gasteiger partial charge in [-0.2, -0.15) is 4.98 Å². The van der Waals surface area contributed by atoms with Gasteiger partial charge in [0.1, 0.15) is 10.7 Å². The highest BCUT2D eigenvalue weighted by Gasteiger charge is 2.29. The summed E-state index contributed by atoms with van der Waals surface area (Å²) in [5.74, 6) is 0.688. The molecule has 0 atom stereocenters.